The van der Waals surface area contributed by atoms with E-state index in [1.165, 1.54) is 18.9 Å². The van der Waals surface area contributed by atoms with Gasteiger partial charge in [0.1, 0.15) is 11.6 Å². The Balaban J connectivity index is 1.53. The molecule has 132 valence electrons. The molecule has 1 aromatic carbocycles. The molecule has 0 bridgehead atoms. The molecule has 5 nitrogen and oxygen atoms in total. The number of benzene rings is 1. The molecule has 25 heavy (non-hydrogen) atoms. The highest BCUT2D eigenvalue weighted by molar-refractivity contribution is 6.37. The highest BCUT2D eigenvalue weighted by atomic mass is 35.5. The first kappa shape index (κ1) is 18.0. The zero-order chi connectivity index (χ0) is 17.6. The highest BCUT2D eigenvalue weighted by Crippen LogP contribution is 2.25. The summed E-state index contributed by atoms with van der Waals surface area (Å²) in [6.07, 6.45) is 8.28. The summed E-state index contributed by atoms with van der Waals surface area (Å²) in [7, 11) is 0. The van der Waals surface area contributed by atoms with E-state index < -0.39 is 0 Å². The van der Waals surface area contributed by atoms with Crippen LogP contribution >= 0.6 is 23.2 Å². The van der Waals surface area contributed by atoms with Gasteiger partial charge in [0.05, 0.1) is 0 Å². The van der Waals surface area contributed by atoms with Crippen LogP contribution in [0.4, 0.5) is 0 Å². The Hall–Kier alpha value is -1.85. The van der Waals surface area contributed by atoms with Gasteiger partial charge in [0.25, 0.3) is 0 Å². The molecule has 1 N–H and O–H groups in total. The molecule has 0 saturated carbocycles. The number of aryl methyl sites for hydroxylation is 1. The lowest BCUT2D eigenvalue weighted by Crippen LogP contribution is -2.24. The number of aromatic nitrogens is 3. The summed E-state index contributed by atoms with van der Waals surface area (Å²) < 4.78 is 2.19. The van der Waals surface area contributed by atoms with Crippen LogP contribution in [0.15, 0.2) is 24.3 Å². The van der Waals surface area contributed by atoms with E-state index in [0.29, 0.717) is 28.6 Å². The summed E-state index contributed by atoms with van der Waals surface area (Å²) in [5.74, 6) is 1.81. The molecule has 2 aromatic rings. The van der Waals surface area contributed by atoms with Gasteiger partial charge >= 0.3 is 0 Å². The van der Waals surface area contributed by atoms with Crippen molar-refractivity contribution in [3.05, 3.63) is 51.5 Å². The minimum atomic E-state index is -0.188. The van der Waals surface area contributed by atoms with Gasteiger partial charge < -0.3 is 9.88 Å². The van der Waals surface area contributed by atoms with Gasteiger partial charge in [-0.05, 0) is 31.1 Å². The fourth-order valence-corrected chi connectivity index (χ4v) is 3.44. The van der Waals surface area contributed by atoms with Crippen LogP contribution in [0.1, 0.15) is 36.5 Å². The first-order chi connectivity index (χ1) is 12.1. The van der Waals surface area contributed by atoms with Crippen LogP contribution in [-0.2, 0) is 24.2 Å². The van der Waals surface area contributed by atoms with E-state index >= 15 is 0 Å². The standard InChI is InChI=1S/C18H20Cl2N4O/c19-14-5-4-6-15(20)13(14)8-9-18(25)21-11-10-17-23-22-16-7-2-1-3-12-24(16)17/h4-6,8-9H,1-3,7,10-12H2,(H,21,25)/b9-8+. The fourth-order valence-electron chi connectivity index (χ4n) is 2.92. The van der Waals surface area contributed by atoms with E-state index in [2.05, 4.69) is 20.1 Å². The first-order valence-corrected chi connectivity index (χ1v) is 9.21. The second-order valence-electron chi connectivity index (χ2n) is 6.00. The number of nitrogens with one attached hydrogen (secondary N) is 1. The molecular formula is C18H20Cl2N4O. The minimum Gasteiger partial charge on any atom is -0.352 e. The molecule has 0 radical (unpaired) electrons. The summed E-state index contributed by atoms with van der Waals surface area (Å²) in [6, 6.07) is 5.24. The highest BCUT2D eigenvalue weighted by Gasteiger charge is 2.14. The van der Waals surface area contributed by atoms with Crippen molar-refractivity contribution < 1.29 is 4.79 Å². The SMILES string of the molecule is O=C(/C=C/c1c(Cl)cccc1Cl)NCCc1nnc2n1CCCCC2. The number of rotatable bonds is 5. The molecule has 7 heteroatoms. The summed E-state index contributed by atoms with van der Waals surface area (Å²) in [4.78, 5) is 12.0. The zero-order valence-corrected chi connectivity index (χ0v) is 15.4. The van der Waals surface area contributed by atoms with E-state index in [1.807, 2.05) is 0 Å². The Kier molecular flexibility index (Phi) is 6.10. The molecule has 1 amide bonds. The lowest BCUT2D eigenvalue weighted by molar-refractivity contribution is -0.116. The van der Waals surface area contributed by atoms with E-state index in [4.69, 9.17) is 23.2 Å². The van der Waals surface area contributed by atoms with Gasteiger partial charge in [0.2, 0.25) is 5.91 Å². The van der Waals surface area contributed by atoms with E-state index in [1.54, 1.807) is 24.3 Å². The number of hydrogen-bond donors (Lipinski definition) is 1. The smallest absolute Gasteiger partial charge is 0.244 e. The third-order valence-corrected chi connectivity index (χ3v) is 4.89. The molecule has 0 spiro atoms. The van der Waals surface area contributed by atoms with Crippen molar-refractivity contribution in [2.75, 3.05) is 6.54 Å². The van der Waals surface area contributed by atoms with Gasteiger partial charge in [-0.2, -0.15) is 0 Å². The molecule has 0 aliphatic carbocycles. The summed E-state index contributed by atoms with van der Waals surface area (Å²) >= 11 is 12.2. The van der Waals surface area contributed by atoms with Crippen molar-refractivity contribution in [3.63, 3.8) is 0 Å². The molecular weight excluding hydrogens is 359 g/mol. The number of halogens is 2. The Morgan fingerprint density at radius 3 is 2.80 bits per heavy atom. The maximum Gasteiger partial charge on any atom is 0.244 e. The number of fused-ring (bicyclic) bond motifs is 1. The van der Waals surface area contributed by atoms with E-state index in [9.17, 15) is 4.79 Å². The second-order valence-corrected chi connectivity index (χ2v) is 6.82. The normalized spacial score (nSPS) is 14.3. The molecule has 2 heterocycles. The van der Waals surface area contributed by atoms with Crippen molar-refractivity contribution in [2.24, 2.45) is 0 Å². The third kappa shape index (κ3) is 4.61. The molecule has 1 aromatic heterocycles. The lowest BCUT2D eigenvalue weighted by Gasteiger charge is -2.07. The van der Waals surface area contributed by atoms with Crippen molar-refractivity contribution in [1.82, 2.24) is 20.1 Å². The van der Waals surface area contributed by atoms with Gasteiger partial charge in [-0.3, -0.25) is 4.79 Å². The van der Waals surface area contributed by atoms with E-state index in [0.717, 1.165) is 31.0 Å². The first-order valence-electron chi connectivity index (χ1n) is 8.46. The molecule has 0 unspecified atom stereocenters. The Morgan fingerprint density at radius 1 is 1.20 bits per heavy atom. The molecule has 1 aliphatic heterocycles. The average molecular weight is 379 g/mol. The van der Waals surface area contributed by atoms with Gasteiger partial charge in [-0.1, -0.05) is 35.7 Å². The average Bonchev–Trinajstić information content (AvgIpc) is 2.82. The van der Waals surface area contributed by atoms with Crippen LogP contribution in [0.3, 0.4) is 0 Å². The van der Waals surface area contributed by atoms with Crippen LogP contribution in [0.25, 0.3) is 6.08 Å². The number of carbonyl (C=O) groups is 1. The topological polar surface area (TPSA) is 59.8 Å². The predicted molar refractivity (Wildman–Crippen MR) is 99.8 cm³/mol. The Labute approximate surface area is 157 Å². The molecule has 0 fully saturated rings. The maximum absolute atomic E-state index is 12.0. The summed E-state index contributed by atoms with van der Waals surface area (Å²) in [5, 5.41) is 12.4. The van der Waals surface area contributed by atoms with Crippen molar-refractivity contribution >= 4 is 35.2 Å². The van der Waals surface area contributed by atoms with Gasteiger partial charge in [0.15, 0.2) is 0 Å². The molecule has 1 aliphatic rings. The lowest BCUT2D eigenvalue weighted by atomic mass is 10.2. The number of hydrogen-bond acceptors (Lipinski definition) is 3. The van der Waals surface area contributed by atoms with E-state index in [-0.39, 0.29) is 5.91 Å². The molecule has 3 rings (SSSR count). The van der Waals surface area contributed by atoms with Crippen LogP contribution in [0.2, 0.25) is 10.0 Å². The summed E-state index contributed by atoms with van der Waals surface area (Å²) in [6.45, 7) is 1.48. The van der Waals surface area contributed by atoms with Crippen LogP contribution in [0.5, 0.6) is 0 Å². The van der Waals surface area contributed by atoms with Crippen molar-refractivity contribution in [2.45, 2.75) is 38.6 Å². The van der Waals surface area contributed by atoms with Crippen molar-refractivity contribution in [3.8, 4) is 0 Å². The summed E-state index contributed by atoms with van der Waals surface area (Å²) in [5.41, 5.74) is 0.642. The number of nitrogens with zero attached hydrogens (tertiary/aromatic N) is 3. The third-order valence-electron chi connectivity index (χ3n) is 4.24. The zero-order valence-electron chi connectivity index (χ0n) is 13.8. The van der Waals surface area contributed by atoms with Crippen LogP contribution in [0, 0.1) is 0 Å². The maximum atomic E-state index is 12.0. The Bertz CT molecular complexity index is 765. The molecule has 0 atom stereocenters. The number of amides is 1. The van der Waals surface area contributed by atoms with Gasteiger partial charge in [-0.25, -0.2) is 0 Å². The second kappa shape index (κ2) is 8.50. The van der Waals surface area contributed by atoms with Crippen LogP contribution < -0.4 is 5.32 Å². The largest absolute Gasteiger partial charge is 0.352 e. The van der Waals surface area contributed by atoms with Crippen molar-refractivity contribution in [1.29, 1.82) is 0 Å². The predicted octanol–water partition coefficient (Wildman–Crippen LogP) is 3.68. The fraction of sp³-hybridized carbons (Fsp3) is 0.389. The van der Waals surface area contributed by atoms with Gasteiger partial charge in [-0.15, -0.1) is 10.2 Å². The number of carbonyl (C=O) groups excluding carboxylic acids is 1. The molecule has 0 saturated heterocycles. The quantitative estimate of drug-likeness (QED) is 0.807. The monoisotopic (exact) mass is 378 g/mol. The van der Waals surface area contributed by atoms with Gasteiger partial charge in [0, 0.05) is 47.6 Å². The minimum absolute atomic E-state index is 0.188. The van der Waals surface area contributed by atoms with Crippen LogP contribution in [-0.4, -0.2) is 27.2 Å². The Morgan fingerprint density at radius 2 is 2.00 bits per heavy atom.